The van der Waals surface area contributed by atoms with E-state index in [1.807, 2.05) is 19.1 Å². The third-order valence-electron chi connectivity index (χ3n) is 2.69. The number of hydrogen-bond donors (Lipinski definition) is 1. The average molecular weight is 238 g/mol. The number of carbonyl (C=O) groups excluding carboxylic acids is 1. The highest BCUT2D eigenvalue weighted by Crippen LogP contribution is 2.25. The maximum absolute atomic E-state index is 12.2. The van der Waals surface area contributed by atoms with Crippen LogP contribution in [-0.4, -0.2) is 10.9 Å². The fourth-order valence-corrected chi connectivity index (χ4v) is 1.80. The van der Waals surface area contributed by atoms with Crippen LogP contribution in [0.15, 0.2) is 54.6 Å². The summed E-state index contributed by atoms with van der Waals surface area (Å²) < 4.78 is 0. The predicted molar refractivity (Wildman–Crippen MR) is 72.7 cm³/mol. The van der Waals surface area contributed by atoms with Crippen molar-refractivity contribution in [1.82, 2.24) is 0 Å². The van der Waals surface area contributed by atoms with Gasteiger partial charge in [0.1, 0.15) is 5.75 Å². The van der Waals surface area contributed by atoms with E-state index in [0.717, 1.165) is 0 Å². The maximum atomic E-state index is 12.2. The molecule has 0 saturated carbocycles. The number of carbonyl (C=O) groups is 1. The lowest BCUT2D eigenvalue weighted by molar-refractivity contribution is 0.103. The molecule has 0 bridgehead atoms. The number of rotatable bonds is 3. The Morgan fingerprint density at radius 3 is 2.44 bits per heavy atom. The summed E-state index contributed by atoms with van der Waals surface area (Å²) in [7, 11) is 0. The zero-order valence-corrected chi connectivity index (χ0v) is 10.1. The molecule has 2 aromatic carbocycles. The first-order valence-electron chi connectivity index (χ1n) is 5.78. The van der Waals surface area contributed by atoms with E-state index >= 15 is 0 Å². The third kappa shape index (κ3) is 2.33. The molecular weight excluding hydrogens is 224 g/mol. The number of allylic oxidation sites excluding steroid dienone is 1. The van der Waals surface area contributed by atoms with E-state index in [4.69, 9.17) is 0 Å². The van der Waals surface area contributed by atoms with Gasteiger partial charge in [-0.15, -0.1) is 0 Å². The van der Waals surface area contributed by atoms with Gasteiger partial charge < -0.3 is 5.11 Å². The second-order valence-electron chi connectivity index (χ2n) is 3.94. The number of hydrogen-bond acceptors (Lipinski definition) is 2. The summed E-state index contributed by atoms with van der Waals surface area (Å²) in [6, 6.07) is 14.1. The van der Waals surface area contributed by atoms with E-state index in [1.165, 1.54) is 0 Å². The number of phenols is 1. The molecule has 0 spiro atoms. The first-order valence-corrected chi connectivity index (χ1v) is 5.78. The Bertz CT molecular complexity index is 583. The molecule has 2 rings (SSSR count). The Kier molecular flexibility index (Phi) is 3.58. The summed E-state index contributed by atoms with van der Waals surface area (Å²) in [5.41, 5.74) is 1.56. The molecule has 1 N–H and O–H groups in total. The first kappa shape index (κ1) is 12.1. The van der Waals surface area contributed by atoms with E-state index in [9.17, 15) is 9.90 Å². The second kappa shape index (κ2) is 5.32. The SMILES string of the molecule is CC=Cc1cccc(C(=O)c2ccccc2)c1O. The third-order valence-corrected chi connectivity index (χ3v) is 2.69. The topological polar surface area (TPSA) is 37.3 Å². The summed E-state index contributed by atoms with van der Waals surface area (Å²) in [5, 5.41) is 10.1. The van der Waals surface area contributed by atoms with Crippen LogP contribution in [0.4, 0.5) is 0 Å². The van der Waals surface area contributed by atoms with Gasteiger partial charge >= 0.3 is 0 Å². The van der Waals surface area contributed by atoms with Gasteiger partial charge in [0.05, 0.1) is 5.56 Å². The number of ketones is 1. The molecule has 2 heteroatoms. The minimum absolute atomic E-state index is 0.0319. The van der Waals surface area contributed by atoms with E-state index in [2.05, 4.69) is 0 Å². The molecule has 0 aliphatic rings. The van der Waals surface area contributed by atoms with Gasteiger partial charge in [0.2, 0.25) is 0 Å². The zero-order chi connectivity index (χ0) is 13.0. The Balaban J connectivity index is 2.46. The zero-order valence-electron chi connectivity index (χ0n) is 10.1. The number of phenolic OH excluding ortho intramolecular Hbond substituents is 1. The van der Waals surface area contributed by atoms with Crippen LogP contribution in [0, 0.1) is 0 Å². The molecule has 0 fully saturated rings. The van der Waals surface area contributed by atoms with Crippen molar-refractivity contribution in [3.8, 4) is 5.75 Å². The highest BCUT2D eigenvalue weighted by atomic mass is 16.3. The van der Waals surface area contributed by atoms with Crippen molar-refractivity contribution >= 4 is 11.9 Å². The van der Waals surface area contributed by atoms with Gasteiger partial charge in [-0.05, 0) is 13.0 Å². The number of benzene rings is 2. The molecule has 0 aliphatic heterocycles. The largest absolute Gasteiger partial charge is 0.507 e. The first-order chi connectivity index (χ1) is 8.74. The van der Waals surface area contributed by atoms with Crippen LogP contribution in [0.3, 0.4) is 0 Å². The van der Waals surface area contributed by atoms with Gasteiger partial charge in [-0.25, -0.2) is 0 Å². The predicted octanol–water partition coefficient (Wildman–Crippen LogP) is 3.66. The van der Waals surface area contributed by atoms with Gasteiger partial charge in [0, 0.05) is 11.1 Å². The fourth-order valence-electron chi connectivity index (χ4n) is 1.80. The summed E-state index contributed by atoms with van der Waals surface area (Å²) in [6.07, 6.45) is 3.60. The van der Waals surface area contributed by atoms with Crippen LogP contribution in [0.1, 0.15) is 28.4 Å². The summed E-state index contributed by atoms with van der Waals surface area (Å²) in [4.78, 5) is 12.2. The van der Waals surface area contributed by atoms with Crippen molar-refractivity contribution in [3.63, 3.8) is 0 Å². The average Bonchev–Trinajstić information content (AvgIpc) is 2.42. The second-order valence-corrected chi connectivity index (χ2v) is 3.94. The Hall–Kier alpha value is -2.35. The molecule has 0 radical (unpaired) electrons. The summed E-state index contributed by atoms with van der Waals surface area (Å²) in [5.74, 6) is -0.135. The molecular formula is C16H14O2. The standard InChI is InChI=1S/C16H14O2/c1-2-7-12-10-6-11-14(15(12)17)16(18)13-8-4-3-5-9-13/h2-11,17H,1H3. The highest BCUT2D eigenvalue weighted by Gasteiger charge is 2.14. The van der Waals surface area contributed by atoms with Crippen LogP contribution in [0.25, 0.3) is 6.08 Å². The molecule has 0 saturated heterocycles. The van der Waals surface area contributed by atoms with Crippen LogP contribution in [0.2, 0.25) is 0 Å². The van der Waals surface area contributed by atoms with Crippen LogP contribution in [-0.2, 0) is 0 Å². The maximum Gasteiger partial charge on any atom is 0.196 e. The molecule has 90 valence electrons. The van der Waals surface area contributed by atoms with Gasteiger partial charge in [-0.1, -0.05) is 54.6 Å². The van der Waals surface area contributed by atoms with Crippen molar-refractivity contribution in [3.05, 3.63) is 71.3 Å². The summed E-state index contributed by atoms with van der Waals surface area (Å²) in [6.45, 7) is 1.87. The van der Waals surface area contributed by atoms with Gasteiger partial charge in [-0.3, -0.25) is 4.79 Å². The number of aromatic hydroxyl groups is 1. The smallest absolute Gasteiger partial charge is 0.196 e. The van der Waals surface area contributed by atoms with E-state index in [0.29, 0.717) is 16.7 Å². The Morgan fingerprint density at radius 2 is 1.78 bits per heavy atom. The van der Waals surface area contributed by atoms with Crippen LogP contribution < -0.4 is 0 Å². The molecule has 0 atom stereocenters. The van der Waals surface area contributed by atoms with E-state index in [-0.39, 0.29) is 11.5 Å². The normalized spacial score (nSPS) is 10.7. The molecule has 0 aromatic heterocycles. The molecule has 0 unspecified atom stereocenters. The lowest BCUT2D eigenvalue weighted by atomic mass is 10.00. The van der Waals surface area contributed by atoms with E-state index in [1.54, 1.807) is 48.5 Å². The van der Waals surface area contributed by atoms with Gasteiger partial charge in [0.15, 0.2) is 5.78 Å². The van der Waals surface area contributed by atoms with Crippen molar-refractivity contribution in [2.75, 3.05) is 0 Å². The lowest BCUT2D eigenvalue weighted by Gasteiger charge is -2.06. The highest BCUT2D eigenvalue weighted by molar-refractivity contribution is 6.11. The molecule has 18 heavy (non-hydrogen) atoms. The molecule has 2 nitrogen and oxygen atoms in total. The van der Waals surface area contributed by atoms with Crippen molar-refractivity contribution in [2.45, 2.75) is 6.92 Å². The molecule has 0 heterocycles. The van der Waals surface area contributed by atoms with Crippen molar-refractivity contribution < 1.29 is 9.90 Å². The minimum Gasteiger partial charge on any atom is -0.507 e. The summed E-state index contributed by atoms with van der Waals surface area (Å²) >= 11 is 0. The van der Waals surface area contributed by atoms with Gasteiger partial charge in [-0.2, -0.15) is 0 Å². The Labute approximate surface area is 106 Å². The Morgan fingerprint density at radius 1 is 1.06 bits per heavy atom. The lowest BCUT2D eigenvalue weighted by Crippen LogP contribution is -2.01. The van der Waals surface area contributed by atoms with E-state index < -0.39 is 0 Å². The monoisotopic (exact) mass is 238 g/mol. The van der Waals surface area contributed by atoms with Crippen LogP contribution >= 0.6 is 0 Å². The van der Waals surface area contributed by atoms with Crippen molar-refractivity contribution in [2.24, 2.45) is 0 Å². The van der Waals surface area contributed by atoms with Crippen molar-refractivity contribution in [1.29, 1.82) is 0 Å². The minimum atomic E-state index is -0.167. The molecule has 0 amide bonds. The molecule has 0 aliphatic carbocycles. The van der Waals surface area contributed by atoms with Gasteiger partial charge in [0.25, 0.3) is 0 Å². The fraction of sp³-hybridized carbons (Fsp3) is 0.0625. The quantitative estimate of drug-likeness (QED) is 0.828. The molecule has 2 aromatic rings. The van der Waals surface area contributed by atoms with Crippen LogP contribution in [0.5, 0.6) is 5.75 Å². The number of para-hydroxylation sites is 1.